The smallest absolute Gasteiger partial charge is 0.0733 e. The van der Waals surface area contributed by atoms with Gasteiger partial charge in [-0.2, -0.15) is 0 Å². The molecule has 2 unspecified atom stereocenters. The Kier molecular flexibility index (Phi) is 5.67. The lowest BCUT2D eigenvalue weighted by atomic mass is 9.74. The van der Waals surface area contributed by atoms with E-state index in [4.69, 9.17) is 9.47 Å². The van der Waals surface area contributed by atoms with Crippen LogP contribution in [0.1, 0.15) is 52.9 Å². The van der Waals surface area contributed by atoms with Gasteiger partial charge in [-0.15, -0.1) is 0 Å². The molecular formula is C16H31NO2. The van der Waals surface area contributed by atoms with Crippen molar-refractivity contribution < 1.29 is 9.47 Å². The van der Waals surface area contributed by atoms with Crippen molar-refractivity contribution in [2.45, 2.75) is 65.0 Å². The summed E-state index contributed by atoms with van der Waals surface area (Å²) in [4.78, 5) is 0. The minimum Gasteiger partial charge on any atom is -0.381 e. The zero-order valence-corrected chi connectivity index (χ0v) is 12.9. The molecule has 1 aliphatic heterocycles. The average Bonchev–Trinajstić information content (AvgIpc) is 2.40. The van der Waals surface area contributed by atoms with E-state index in [1.807, 2.05) is 0 Å². The fourth-order valence-corrected chi connectivity index (χ4v) is 3.36. The molecule has 1 N–H and O–H groups in total. The summed E-state index contributed by atoms with van der Waals surface area (Å²) in [7, 11) is 0. The number of hydrogen-bond donors (Lipinski definition) is 1. The van der Waals surface area contributed by atoms with Gasteiger partial charge in [0.15, 0.2) is 0 Å². The molecule has 3 nitrogen and oxygen atoms in total. The third-order valence-electron chi connectivity index (χ3n) is 4.69. The maximum absolute atomic E-state index is 6.31. The molecule has 1 aliphatic carbocycles. The summed E-state index contributed by atoms with van der Waals surface area (Å²) < 4.78 is 11.7. The van der Waals surface area contributed by atoms with Gasteiger partial charge >= 0.3 is 0 Å². The summed E-state index contributed by atoms with van der Waals surface area (Å²) in [5, 5.41) is 3.61. The molecule has 1 saturated carbocycles. The molecule has 112 valence electrons. The van der Waals surface area contributed by atoms with Crippen LogP contribution >= 0.6 is 0 Å². The molecule has 0 radical (unpaired) electrons. The second-order valence-corrected chi connectivity index (χ2v) is 7.00. The van der Waals surface area contributed by atoms with E-state index in [-0.39, 0.29) is 0 Å². The monoisotopic (exact) mass is 269 g/mol. The van der Waals surface area contributed by atoms with Gasteiger partial charge in [0, 0.05) is 19.3 Å². The summed E-state index contributed by atoms with van der Waals surface area (Å²) in [6.45, 7) is 10.7. The molecule has 0 bridgehead atoms. The summed E-state index contributed by atoms with van der Waals surface area (Å²) >= 11 is 0. The van der Waals surface area contributed by atoms with Crippen molar-refractivity contribution in [1.82, 2.24) is 5.32 Å². The summed E-state index contributed by atoms with van der Waals surface area (Å²) in [6, 6.07) is 0.554. The number of nitrogens with one attached hydrogen (secondary N) is 1. The van der Waals surface area contributed by atoms with Crippen LogP contribution in [0.25, 0.3) is 0 Å². The van der Waals surface area contributed by atoms with Crippen molar-refractivity contribution in [1.29, 1.82) is 0 Å². The molecule has 1 saturated heterocycles. The Bertz CT molecular complexity index is 261. The zero-order chi connectivity index (χ0) is 13.7. The third-order valence-corrected chi connectivity index (χ3v) is 4.69. The molecule has 0 amide bonds. The van der Waals surface area contributed by atoms with E-state index in [0.29, 0.717) is 23.5 Å². The molecule has 2 atom stereocenters. The second kappa shape index (κ2) is 7.05. The second-order valence-electron chi connectivity index (χ2n) is 7.00. The first-order chi connectivity index (χ1) is 9.11. The Hall–Kier alpha value is -0.120. The van der Waals surface area contributed by atoms with Crippen LogP contribution < -0.4 is 5.32 Å². The Labute approximate surface area is 118 Å². The first-order valence-corrected chi connectivity index (χ1v) is 8.03. The highest BCUT2D eigenvalue weighted by atomic mass is 16.5. The van der Waals surface area contributed by atoms with Gasteiger partial charge in [0.05, 0.1) is 12.7 Å². The predicted octanol–water partition coefficient (Wildman–Crippen LogP) is 2.99. The first-order valence-electron chi connectivity index (χ1n) is 8.03. The molecule has 2 aliphatic rings. The minimum atomic E-state index is 0.395. The molecule has 2 fully saturated rings. The number of likely N-dealkylation sites (N-methyl/N-ethyl adjacent to an activating group) is 1. The lowest BCUT2D eigenvalue weighted by Crippen LogP contribution is -2.48. The molecule has 1 heterocycles. The van der Waals surface area contributed by atoms with Gasteiger partial charge in [-0.3, -0.25) is 0 Å². The van der Waals surface area contributed by atoms with Gasteiger partial charge in [-0.05, 0) is 50.0 Å². The Balaban J connectivity index is 1.82. The Morgan fingerprint density at radius 2 is 1.95 bits per heavy atom. The zero-order valence-electron chi connectivity index (χ0n) is 12.9. The largest absolute Gasteiger partial charge is 0.381 e. The lowest BCUT2D eigenvalue weighted by Gasteiger charge is -2.41. The van der Waals surface area contributed by atoms with Gasteiger partial charge in [0.1, 0.15) is 0 Å². The Morgan fingerprint density at radius 3 is 2.63 bits per heavy atom. The highest BCUT2D eigenvalue weighted by Crippen LogP contribution is 2.37. The standard InChI is InChI=1S/C16H31NO2/c1-4-17-14-5-8-16(2,3)11-15(14)19-12-13-6-9-18-10-7-13/h13-15,17H,4-12H2,1-3H3. The molecule has 3 heteroatoms. The summed E-state index contributed by atoms with van der Waals surface area (Å²) in [5.41, 5.74) is 0.437. The fourth-order valence-electron chi connectivity index (χ4n) is 3.36. The van der Waals surface area contributed by atoms with Gasteiger partial charge in [0.25, 0.3) is 0 Å². The lowest BCUT2D eigenvalue weighted by molar-refractivity contribution is -0.0566. The van der Waals surface area contributed by atoms with Crippen LogP contribution in [-0.2, 0) is 9.47 Å². The normalized spacial score (nSPS) is 32.4. The van der Waals surface area contributed by atoms with Crippen molar-refractivity contribution in [2.75, 3.05) is 26.4 Å². The maximum Gasteiger partial charge on any atom is 0.0733 e. The van der Waals surface area contributed by atoms with Crippen molar-refractivity contribution in [2.24, 2.45) is 11.3 Å². The first kappa shape index (κ1) is 15.3. The maximum atomic E-state index is 6.31. The molecular weight excluding hydrogens is 238 g/mol. The van der Waals surface area contributed by atoms with E-state index in [1.54, 1.807) is 0 Å². The van der Waals surface area contributed by atoms with Gasteiger partial charge in [-0.1, -0.05) is 20.8 Å². The molecule has 0 aromatic rings. The topological polar surface area (TPSA) is 30.5 Å². The van der Waals surface area contributed by atoms with Crippen LogP contribution in [0, 0.1) is 11.3 Å². The van der Waals surface area contributed by atoms with Crippen molar-refractivity contribution in [3.8, 4) is 0 Å². The molecule has 0 spiro atoms. The van der Waals surface area contributed by atoms with Crippen LogP contribution in [0.15, 0.2) is 0 Å². The Morgan fingerprint density at radius 1 is 1.21 bits per heavy atom. The van der Waals surface area contributed by atoms with Crippen molar-refractivity contribution in [3.63, 3.8) is 0 Å². The average molecular weight is 269 g/mol. The van der Waals surface area contributed by atoms with Crippen LogP contribution in [0.3, 0.4) is 0 Å². The SMILES string of the molecule is CCNC1CCC(C)(C)CC1OCC1CCOCC1. The molecule has 0 aromatic carbocycles. The van der Waals surface area contributed by atoms with Gasteiger partial charge < -0.3 is 14.8 Å². The minimum absolute atomic E-state index is 0.395. The molecule has 0 aromatic heterocycles. The van der Waals surface area contributed by atoms with Gasteiger partial charge in [-0.25, -0.2) is 0 Å². The third kappa shape index (κ3) is 4.73. The number of hydrogen-bond acceptors (Lipinski definition) is 3. The van der Waals surface area contributed by atoms with Crippen LogP contribution in [-0.4, -0.2) is 38.5 Å². The van der Waals surface area contributed by atoms with Gasteiger partial charge in [0.2, 0.25) is 0 Å². The van der Waals surface area contributed by atoms with E-state index in [2.05, 4.69) is 26.1 Å². The molecule has 2 rings (SSSR count). The van der Waals surface area contributed by atoms with E-state index in [9.17, 15) is 0 Å². The highest BCUT2D eigenvalue weighted by Gasteiger charge is 2.35. The highest BCUT2D eigenvalue weighted by molar-refractivity contribution is 4.89. The summed E-state index contributed by atoms with van der Waals surface area (Å²) in [6.07, 6.45) is 6.48. The fraction of sp³-hybridized carbons (Fsp3) is 1.00. The van der Waals surface area contributed by atoms with Crippen LogP contribution in [0.2, 0.25) is 0 Å². The summed E-state index contributed by atoms with van der Waals surface area (Å²) in [5.74, 6) is 0.709. The van der Waals surface area contributed by atoms with E-state index in [0.717, 1.165) is 26.4 Å². The quantitative estimate of drug-likeness (QED) is 0.832. The van der Waals surface area contributed by atoms with E-state index >= 15 is 0 Å². The van der Waals surface area contributed by atoms with Crippen molar-refractivity contribution in [3.05, 3.63) is 0 Å². The number of ether oxygens (including phenoxy) is 2. The molecule has 19 heavy (non-hydrogen) atoms. The van der Waals surface area contributed by atoms with E-state index in [1.165, 1.54) is 32.1 Å². The van der Waals surface area contributed by atoms with Crippen LogP contribution in [0.5, 0.6) is 0 Å². The van der Waals surface area contributed by atoms with E-state index < -0.39 is 0 Å². The van der Waals surface area contributed by atoms with Crippen LogP contribution in [0.4, 0.5) is 0 Å². The van der Waals surface area contributed by atoms with Crippen molar-refractivity contribution >= 4 is 0 Å². The predicted molar refractivity (Wildman–Crippen MR) is 78.4 cm³/mol. The number of rotatable bonds is 5.